The van der Waals surface area contributed by atoms with E-state index in [1.807, 2.05) is 57.2 Å². The van der Waals surface area contributed by atoms with E-state index in [0.29, 0.717) is 36.9 Å². The zero-order valence-electron chi connectivity index (χ0n) is 17.7. The molecule has 0 saturated carbocycles. The van der Waals surface area contributed by atoms with Gasteiger partial charge in [-0.1, -0.05) is 67.4 Å². The fourth-order valence-corrected chi connectivity index (χ4v) is 3.10. The van der Waals surface area contributed by atoms with E-state index in [-0.39, 0.29) is 11.8 Å². The second-order valence-electron chi connectivity index (χ2n) is 7.95. The molecule has 0 aliphatic carbocycles. The van der Waals surface area contributed by atoms with E-state index in [0.717, 1.165) is 11.1 Å². The van der Waals surface area contributed by atoms with Gasteiger partial charge in [0.2, 0.25) is 11.8 Å². The monoisotopic (exact) mass is 414 g/mol. The molecule has 156 valence electrons. The molecule has 0 aromatic heterocycles. The Kier molecular flexibility index (Phi) is 8.71. The van der Waals surface area contributed by atoms with E-state index < -0.39 is 6.04 Å². The predicted molar refractivity (Wildman–Crippen MR) is 119 cm³/mol. The number of halogens is 1. The maximum atomic E-state index is 13.1. The Bertz CT molecular complexity index is 801. The van der Waals surface area contributed by atoms with Crippen LogP contribution in [0.4, 0.5) is 0 Å². The van der Waals surface area contributed by atoms with Crippen LogP contribution >= 0.6 is 11.6 Å². The van der Waals surface area contributed by atoms with Gasteiger partial charge in [0.1, 0.15) is 6.04 Å². The molecule has 1 unspecified atom stereocenters. The molecule has 0 spiro atoms. The van der Waals surface area contributed by atoms with Gasteiger partial charge >= 0.3 is 0 Å². The van der Waals surface area contributed by atoms with Crippen molar-refractivity contribution in [2.24, 2.45) is 5.92 Å². The van der Waals surface area contributed by atoms with Gasteiger partial charge in [0.25, 0.3) is 0 Å². The summed E-state index contributed by atoms with van der Waals surface area (Å²) in [6, 6.07) is 15.0. The van der Waals surface area contributed by atoms with Crippen LogP contribution in [0.5, 0.6) is 0 Å². The largest absolute Gasteiger partial charge is 0.354 e. The first-order valence-corrected chi connectivity index (χ1v) is 10.5. The van der Waals surface area contributed by atoms with Gasteiger partial charge < -0.3 is 10.2 Å². The molecule has 0 saturated heterocycles. The van der Waals surface area contributed by atoms with Crippen LogP contribution in [0, 0.1) is 12.8 Å². The Morgan fingerprint density at radius 1 is 0.966 bits per heavy atom. The van der Waals surface area contributed by atoms with Crippen molar-refractivity contribution in [1.82, 2.24) is 10.2 Å². The van der Waals surface area contributed by atoms with Gasteiger partial charge in [0.15, 0.2) is 0 Å². The normalized spacial score (nSPS) is 11.9. The number of carbonyl (C=O) groups excluding carboxylic acids is 2. The average molecular weight is 415 g/mol. The molecule has 29 heavy (non-hydrogen) atoms. The number of benzene rings is 2. The number of hydrogen-bond acceptors (Lipinski definition) is 2. The first kappa shape index (κ1) is 23.0. The molecule has 2 amide bonds. The maximum Gasteiger partial charge on any atom is 0.242 e. The first-order chi connectivity index (χ1) is 13.8. The Morgan fingerprint density at radius 2 is 1.55 bits per heavy atom. The zero-order valence-corrected chi connectivity index (χ0v) is 18.5. The Labute approximate surface area is 179 Å². The lowest BCUT2D eigenvalue weighted by atomic mass is 10.1. The van der Waals surface area contributed by atoms with Gasteiger partial charge in [-0.2, -0.15) is 0 Å². The van der Waals surface area contributed by atoms with E-state index in [9.17, 15) is 9.59 Å². The summed E-state index contributed by atoms with van der Waals surface area (Å²) in [7, 11) is 0. The van der Waals surface area contributed by atoms with Crippen LogP contribution in [-0.2, 0) is 22.6 Å². The molecule has 5 heteroatoms. The van der Waals surface area contributed by atoms with Crippen LogP contribution in [0.2, 0.25) is 5.02 Å². The molecule has 0 radical (unpaired) electrons. The summed E-state index contributed by atoms with van der Waals surface area (Å²) in [6.45, 7) is 8.89. The smallest absolute Gasteiger partial charge is 0.242 e. The van der Waals surface area contributed by atoms with Crippen molar-refractivity contribution in [3.63, 3.8) is 0 Å². The molecule has 0 heterocycles. The highest BCUT2D eigenvalue weighted by atomic mass is 35.5. The molecular weight excluding hydrogens is 384 g/mol. The van der Waals surface area contributed by atoms with Gasteiger partial charge in [-0.05, 0) is 49.4 Å². The number of nitrogens with one attached hydrogen (secondary N) is 1. The summed E-state index contributed by atoms with van der Waals surface area (Å²) in [5, 5.41) is 3.59. The van der Waals surface area contributed by atoms with Crippen molar-refractivity contribution in [1.29, 1.82) is 0 Å². The number of carbonyl (C=O) groups is 2. The molecule has 0 fully saturated rings. The number of rotatable bonds is 9. The third-order valence-corrected chi connectivity index (χ3v) is 5.12. The zero-order chi connectivity index (χ0) is 21.4. The fraction of sp³-hybridized carbons (Fsp3) is 0.417. The van der Waals surface area contributed by atoms with E-state index in [4.69, 9.17) is 11.6 Å². The predicted octanol–water partition coefficient (Wildman–Crippen LogP) is 4.77. The summed E-state index contributed by atoms with van der Waals surface area (Å²) in [6.07, 6.45) is 1.01. The number of amides is 2. The molecule has 0 aliphatic rings. The van der Waals surface area contributed by atoms with Crippen molar-refractivity contribution >= 4 is 23.4 Å². The molecule has 0 bridgehead atoms. The lowest BCUT2D eigenvalue weighted by Crippen LogP contribution is -2.48. The van der Waals surface area contributed by atoms with Crippen LogP contribution in [-0.4, -0.2) is 29.3 Å². The minimum atomic E-state index is -0.546. The number of hydrogen-bond donors (Lipinski definition) is 1. The van der Waals surface area contributed by atoms with E-state index in [1.165, 1.54) is 5.56 Å². The summed E-state index contributed by atoms with van der Waals surface area (Å²) >= 11 is 5.98. The third-order valence-electron chi connectivity index (χ3n) is 4.87. The molecular formula is C24H31ClN2O2. The highest BCUT2D eigenvalue weighted by Crippen LogP contribution is 2.16. The average Bonchev–Trinajstić information content (AvgIpc) is 2.70. The summed E-state index contributed by atoms with van der Waals surface area (Å²) in [5.41, 5.74) is 3.26. The van der Waals surface area contributed by atoms with Crippen molar-refractivity contribution < 1.29 is 9.59 Å². The van der Waals surface area contributed by atoms with Crippen molar-refractivity contribution in [3.05, 3.63) is 70.2 Å². The minimum Gasteiger partial charge on any atom is -0.354 e. The molecule has 1 atom stereocenters. The van der Waals surface area contributed by atoms with Gasteiger partial charge in [-0.15, -0.1) is 0 Å². The van der Waals surface area contributed by atoms with Gasteiger partial charge in [0.05, 0.1) is 0 Å². The Hall–Kier alpha value is -2.33. The van der Waals surface area contributed by atoms with Crippen LogP contribution < -0.4 is 5.32 Å². The maximum absolute atomic E-state index is 13.1. The lowest BCUT2D eigenvalue weighted by molar-refractivity contribution is -0.140. The van der Waals surface area contributed by atoms with E-state index in [2.05, 4.69) is 5.32 Å². The second-order valence-corrected chi connectivity index (χ2v) is 8.39. The molecule has 0 aliphatic heterocycles. The lowest BCUT2D eigenvalue weighted by Gasteiger charge is -2.29. The number of nitrogens with zero attached hydrogens (tertiary/aromatic N) is 1. The number of aryl methyl sites for hydroxylation is 2. The van der Waals surface area contributed by atoms with Crippen molar-refractivity contribution in [2.45, 2.75) is 53.1 Å². The second kappa shape index (κ2) is 11.0. The molecule has 1 N–H and O–H groups in total. The summed E-state index contributed by atoms with van der Waals surface area (Å²) < 4.78 is 0. The quantitative estimate of drug-likeness (QED) is 0.642. The van der Waals surface area contributed by atoms with Gasteiger partial charge in [-0.3, -0.25) is 9.59 Å². The SMILES string of the molecule is Cc1ccc(CCC(=O)N(Cc2ccc(Cl)cc2)C(C)C(=O)NCC(C)C)cc1. The van der Waals surface area contributed by atoms with Crippen LogP contribution in [0.3, 0.4) is 0 Å². The highest BCUT2D eigenvalue weighted by Gasteiger charge is 2.25. The van der Waals surface area contributed by atoms with Crippen molar-refractivity contribution in [2.75, 3.05) is 6.54 Å². The van der Waals surface area contributed by atoms with Crippen LogP contribution in [0.1, 0.15) is 43.9 Å². The summed E-state index contributed by atoms with van der Waals surface area (Å²) in [4.78, 5) is 27.3. The third kappa shape index (κ3) is 7.54. The molecule has 4 nitrogen and oxygen atoms in total. The van der Waals surface area contributed by atoms with Gasteiger partial charge in [-0.25, -0.2) is 0 Å². The first-order valence-electron chi connectivity index (χ1n) is 10.1. The Balaban J connectivity index is 2.10. The van der Waals surface area contributed by atoms with Crippen LogP contribution in [0.25, 0.3) is 0 Å². The van der Waals surface area contributed by atoms with Crippen molar-refractivity contribution in [3.8, 4) is 0 Å². The standard InChI is InChI=1S/C24H31ClN2O2/c1-17(2)15-26-24(29)19(4)27(16-21-9-12-22(25)13-10-21)23(28)14-11-20-7-5-18(3)6-8-20/h5-10,12-13,17,19H,11,14-16H2,1-4H3,(H,26,29). The topological polar surface area (TPSA) is 49.4 Å². The van der Waals surface area contributed by atoms with E-state index >= 15 is 0 Å². The molecule has 2 aromatic rings. The molecule has 2 aromatic carbocycles. The Morgan fingerprint density at radius 3 is 2.14 bits per heavy atom. The van der Waals surface area contributed by atoms with Gasteiger partial charge in [0, 0.05) is 24.5 Å². The minimum absolute atomic E-state index is 0.0345. The summed E-state index contributed by atoms with van der Waals surface area (Å²) in [5.74, 6) is 0.192. The van der Waals surface area contributed by atoms with E-state index in [1.54, 1.807) is 24.0 Å². The van der Waals surface area contributed by atoms with Crippen LogP contribution in [0.15, 0.2) is 48.5 Å². The fourth-order valence-electron chi connectivity index (χ4n) is 2.97. The highest BCUT2D eigenvalue weighted by molar-refractivity contribution is 6.30. The molecule has 2 rings (SSSR count).